The lowest BCUT2D eigenvalue weighted by atomic mass is 9.98. The number of carbonyl (C=O) groups excluding carboxylic acids is 1. The molecule has 0 aromatic carbocycles. The van der Waals surface area contributed by atoms with Crippen molar-refractivity contribution in [3.8, 4) is 0 Å². The molecule has 6 nitrogen and oxygen atoms in total. The minimum Gasteiger partial charge on any atom is -0.356 e. The fourth-order valence-corrected chi connectivity index (χ4v) is 3.25. The van der Waals surface area contributed by atoms with Crippen LogP contribution in [0.2, 0.25) is 0 Å². The summed E-state index contributed by atoms with van der Waals surface area (Å²) < 4.78 is 22.3. The Balaban J connectivity index is 1.60. The van der Waals surface area contributed by atoms with Crippen LogP contribution in [0.15, 0.2) is 17.2 Å². The summed E-state index contributed by atoms with van der Waals surface area (Å²) in [6.07, 6.45) is 6.33. The molecule has 0 atom stereocenters. The summed E-state index contributed by atoms with van der Waals surface area (Å²) in [6, 6.07) is 1.27. The number of nitrogens with one attached hydrogen (secondary N) is 2. The number of H-pyrrole nitrogens is 1. The van der Waals surface area contributed by atoms with Gasteiger partial charge in [-0.2, -0.15) is 0 Å². The van der Waals surface area contributed by atoms with E-state index in [1.165, 1.54) is 37.9 Å². The number of sulfonamides is 1. The lowest BCUT2D eigenvalue weighted by Crippen LogP contribution is -2.31. The summed E-state index contributed by atoms with van der Waals surface area (Å²) in [4.78, 5) is 14.6. The molecule has 0 saturated heterocycles. The maximum Gasteiger partial charge on any atom is 0.267 e. The fourth-order valence-electron chi connectivity index (χ4n) is 2.74. The number of aromatic nitrogens is 1. The van der Waals surface area contributed by atoms with Gasteiger partial charge in [0.1, 0.15) is 5.69 Å². The van der Waals surface area contributed by atoms with Crippen molar-refractivity contribution < 1.29 is 13.2 Å². The third-order valence-corrected chi connectivity index (χ3v) is 5.08. The Hall–Kier alpha value is -1.34. The van der Waals surface area contributed by atoms with Gasteiger partial charge in [-0.25, -0.2) is 13.6 Å². The molecule has 7 heteroatoms. The molecule has 110 valence electrons. The third-order valence-electron chi connectivity index (χ3n) is 4.18. The van der Waals surface area contributed by atoms with Gasteiger partial charge in [-0.15, -0.1) is 0 Å². The number of rotatable bonds is 6. The average molecular weight is 297 g/mol. The standard InChI is InChI=1S/C13H19N3O3S/c14-20(18,19)10-5-12(15-6-10)13(17)16-7-11(8-1-2-8)9-3-4-9/h5-6,8-9,11,15H,1-4,7H2,(H,16,17)(H2,14,18,19). The Morgan fingerprint density at radius 1 is 1.35 bits per heavy atom. The van der Waals surface area contributed by atoms with Crippen LogP contribution in [-0.2, 0) is 10.0 Å². The number of primary sulfonamides is 1. The van der Waals surface area contributed by atoms with Crippen LogP contribution in [0, 0.1) is 17.8 Å². The molecule has 0 unspecified atom stereocenters. The largest absolute Gasteiger partial charge is 0.356 e. The zero-order chi connectivity index (χ0) is 14.3. The summed E-state index contributed by atoms with van der Waals surface area (Å²) in [5, 5.41) is 7.91. The Morgan fingerprint density at radius 3 is 2.40 bits per heavy atom. The number of carbonyl (C=O) groups is 1. The van der Waals surface area contributed by atoms with E-state index in [4.69, 9.17) is 5.14 Å². The molecule has 2 fully saturated rings. The van der Waals surface area contributed by atoms with Crippen LogP contribution >= 0.6 is 0 Å². The molecule has 0 aliphatic heterocycles. The molecular formula is C13H19N3O3S. The molecule has 0 bridgehead atoms. The molecule has 0 radical (unpaired) electrons. The SMILES string of the molecule is NS(=O)(=O)c1c[nH]c(C(=O)NCC(C2CC2)C2CC2)c1. The third kappa shape index (κ3) is 3.04. The quantitative estimate of drug-likeness (QED) is 0.724. The summed E-state index contributed by atoms with van der Waals surface area (Å²) in [6.45, 7) is 0.678. The Labute approximate surface area is 118 Å². The van der Waals surface area contributed by atoms with Crippen LogP contribution in [0.25, 0.3) is 0 Å². The van der Waals surface area contributed by atoms with Gasteiger partial charge in [-0.1, -0.05) is 0 Å². The topological polar surface area (TPSA) is 105 Å². The van der Waals surface area contributed by atoms with E-state index >= 15 is 0 Å². The van der Waals surface area contributed by atoms with E-state index in [-0.39, 0.29) is 16.5 Å². The van der Waals surface area contributed by atoms with Crippen LogP contribution in [0.1, 0.15) is 36.2 Å². The molecule has 2 aliphatic rings. The highest BCUT2D eigenvalue weighted by Gasteiger charge is 2.41. The highest BCUT2D eigenvalue weighted by molar-refractivity contribution is 7.89. The van der Waals surface area contributed by atoms with Crippen molar-refractivity contribution in [2.24, 2.45) is 22.9 Å². The van der Waals surface area contributed by atoms with Crippen molar-refractivity contribution in [3.05, 3.63) is 18.0 Å². The second-order valence-corrected chi connectivity index (χ2v) is 7.40. The van der Waals surface area contributed by atoms with E-state index in [1.807, 2.05) is 0 Å². The second kappa shape index (κ2) is 4.89. The van der Waals surface area contributed by atoms with Crippen molar-refractivity contribution in [2.45, 2.75) is 30.6 Å². The Bertz CT molecular complexity index is 603. The van der Waals surface area contributed by atoms with E-state index in [2.05, 4.69) is 10.3 Å². The molecule has 3 rings (SSSR count). The van der Waals surface area contributed by atoms with Gasteiger partial charge in [0, 0.05) is 12.7 Å². The van der Waals surface area contributed by atoms with E-state index in [0.29, 0.717) is 12.5 Å². The number of hydrogen-bond acceptors (Lipinski definition) is 3. The highest BCUT2D eigenvalue weighted by Crippen LogP contribution is 2.48. The van der Waals surface area contributed by atoms with Gasteiger partial charge in [-0.05, 0) is 49.5 Å². The van der Waals surface area contributed by atoms with Crippen LogP contribution in [0.3, 0.4) is 0 Å². The first kappa shape index (κ1) is 13.6. The van der Waals surface area contributed by atoms with E-state index in [1.54, 1.807) is 0 Å². The smallest absolute Gasteiger partial charge is 0.267 e. The first-order chi connectivity index (χ1) is 9.45. The molecule has 1 heterocycles. The maximum atomic E-state index is 12.0. The second-order valence-electron chi connectivity index (χ2n) is 5.84. The van der Waals surface area contributed by atoms with Crippen molar-refractivity contribution in [3.63, 3.8) is 0 Å². The molecule has 2 aliphatic carbocycles. The van der Waals surface area contributed by atoms with Gasteiger partial charge in [0.15, 0.2) is 0 Å². The zero-order valence-electron chi connectivity index (χ0n) is 11.1. The van der Waals surface area contributed by atoms with Gasteiger partial charge >= 0.3 is 0 Å². The van der Waals surface area contributed by atoms with Gasteiger partial charge in [0.25, 0.3) is 5.91 Å². The minimum absolute atomic E-state index is 0.0661. The van der Waals surface area contributed by atoms with E-state index in [0.717, 1.165) is 11.8 Å². The molecule has 1 aromatic rings. The minimum atomic E-state index is -3.76. The predicted octanol–water partition coefficient (Wildman–Crippen LogP) is 0.828. The van der Waals surface area contributed by atoms with Gasteiger partial charge in [0.05, 0.1) is 4.90 Å². The van der Waals surface area contributed by atoms with Crippen molar-refractivity contribution in [2.75, 3.05) is 6.54 Å². The summed E-state index contributed by atoms with van der Waals surface area (Å²) >= 11 is 0. The molecular weight excluding hydrogens is 278 g/mol. The van der Waals surface area contributed by atoms with Crippen LogP contribution in [0.5, 0.6) is 0 Å². The highest BCUT2D eigenvalue weighted by atomic mass is 32.2. The van der Waals surface area contributed by atoms with Crippen LogP contribution in [0.4, 0.5) is 0 Å². The molecule has 1 aromatic heterocycles. The summed E-state index contributed by atoms with van der Waals surface area (Å²) in [5.74, 6) is 1.86. The predicted molar refractivity (Wildman–Crippen MR) is 73.4 cm³/mol. The summed E-state index contributed by atoms with van der Waals surface area (Å²) in [5.41, 5.74) is 0.236. The number of nitrogens with two attached hydrogens (primary N) is 1. The Kier molecular flexibility index (Phi) is 3.33. The van der Waals surface area contributed by atoms with Crippen LogP contribution in [-0.4, -0.2) is 25.9 Å². The van der Waals surface area contributed by atoms with E-state index in [9.17, 15) is 13.2 Å². The normalized spacial score (nSPS) is 19.3. The monoisotopic (exact) mass is 297 g/mol. The number of amides is 1. The number of aromatic amines is 1. The molecule has 4 N–H and O–H groups in total. The van der Waals surface area contributed by atoms with E-state index < -0.39 is 10.0 Å². The lowest BCUT2D eigenvalue weighted by Gasteiger charge is -2.15. The molecule has 0 spiro atoms. The lowest BCUT2D eigenvalue weighted by molar-refractivity contribution is 0.0939. The molecule has 1 amide bonds. The van der Waals surface area contributed by atoms with Crippen molar-refractivity contribution >= 4 is 15.9 Å². The van der Waals surface area contributed by atoms with Gasteiger partial charge in [-0.3, -0.25) is 4.79 Å². The van der Waals surface area contributed by atoms with Crippen molar-refractivity contribution in [1.82, 2.24) is 10.3 Å². The van der Waals surface area contributed by atoms with Gasteiger partial charge < -0.3 is 10.3 Å². The van der Waals surface area contributed by atoms with Crippen molar-refractivity contribution in [1.29, 1.82) is 0 Å². The average Bonchev–Trinajstić information content (AvgIpc) is 3.29. The first-order valence-electron chi connectivity index (χ1n) is 6.94. The van der Waals surface area contributed by atoms with Crippen LogP contribution < -0.4 is 10.5 Å². The fraction of sp³-hybridized carbons (Fsp3) is 0.615. The maximum absolute atomic E-state index is 12.0. The Morgan fingerprint density at radius 2 is 1.95 bits per heavy atom. The summed E-state index contributed by atoms with van der Waals surface area (Å²) in [7, 11) is -3.76. The first-order valence-corrected chi connectivity index (χ1v) is 8.49. The molecule has 2 saturated carbocycles. The molecule has 20 heavy (non-hydrogen) atoms. The zero-order valence-corrected chi connectivity index (χ0v) is 11.9. The number of hydrogen-bond donors (Lipinski definition) is 3. The van der Waals surface area contributed by atoms with Gasteiger partial charge in [0.2, 0.25) is 10.0 Å².